The van der Waals surface area contributed by atoms with E-state index >= 15 is 0 Å². The molecule has 3 heterocycles. The van der Waals surface area contributed by atoms with Crippen LogP contribution in [0.25, 0.3) is 22.1 Å². The van der Waals surface area contributed by atoms with Crippen molar-refractivity contribution in [1.29, 1.82) is 0 Å². The minimum Gasteiger partial charge on any atom is -0.443 e. The number of nitrogens with zero attached hydrogens (tertiary/aromatic N) is 2. The molecule has 7 nitrogen and oxygen atoms in total. The lowest BCUT2D eigenvalue weighted by atomic mass is 9.98. The van der Waals surface area contributed by atoms with Crippen molar-refractivity contribution in [2.75, 3.05) is 6.54 Å². The monoisotopic (exact) mass is 589 g/mol. The molecule has 6 rings (SSSR count). The summed E-state index contributed by atoms with van der Waals surface area (Å²) in [7, 11) is -4.06. The molecule has 40 heavy (non-hydrogen) atoms. The second-order valence-corrected chi connectivity index (χ2v) is 12.4. The summed E-state index contributed by atoms with van der Waals surface area (Å²) in [5.41, 5.74) is 0.374. The van der Waals surface area contributed by atoms with Gasteiger partial charge in [0.1, 0.15) is 17.3 Å². The lowest BCUT2D eigenvalue weighted by Crippen LogP contribution is -2.48. The first-order chi connectivity index (χ1) is 19.0. The fourth-order valence-corrected chi connectivity index (χ4v) is 7.03. The Morgan fingerprint density at radius 2 is 1.85 bits per heavy atom. The fraction of sp³-hybridized carbons (Fsp3) is 0.286. The van der Waals surface area contributed by atoms with Gasteiger partial charge >= 0.3 is 6.18 Å². The number of amides is 1. The number of aromatic nitrogens is 1. The summed E-state index contributed by atoms with van der Waals surface area (Å²) in [6, 6.07) is 14.8. The summed E-state index contributed by atoms with van der Waals surface area (Å²) in [6.45, 7) is 0.187. The van der Waals surface area contributed by atoms with Crippen molar-refractivity contribution in [1.82, 2.24) is 14.6 Å². The van der Waals surface area contributed by atoms with Gasteiger partial charge < -0.3 is 9.73 Å². The molecule has 0 radical (unpaired) electrons. The Kier molecular flexibility index (Phi) is 6.43. The number of fused-ring (bicyclic) bond motifs is 1. The number of pyridine rings is 1. The first kappa shape index (κ1) is 26.8. The van der Waals surface area contributed by atoms with Crippen LogP contribution in [0.5, 0.6) is 0 Å². The number of para-hydroxylation sites is 1. The van der Waals surface area contributed by atoms with Crippen LogP contribution in [-0.2, 0) is 26.5 Å². The average Bonchev–Trinajstić information content (AvgIpc) is 3.32. The van der Waals surface area contributed by atoms with E-state index in [0.717, 1.165) is 12.3 Å². The largest absolute Gasteiger partial charge is 0.443 e. The summed E-state index contributed by atoms with van der Waals surface area (Å²) in [4.78, 5) is 17.0. The van der Waals surface area contributed by atoms with Crippen molar-refractivity contribution >= 4 is 38.5 Å². The van der Waals surface area contributed by atoms with Gasteiger partial charge in [-0.2, -0.15) is 17.5 Å². The normalized spacial score (nSPS) is 19.1. The zero-order valence-corrected chi connectivity index (χ0v) is 22.5. The number of carbonyl (C=O) groups is 1. The molecule has 1 aliphatic heterocycles. The fourth-order valence-electron chi connectivity index (χ4n) is 5.18. The van der Waals surface area contributed by atoms with Gasteiger partial charge in [0.05, 0.1) is 5.54 Å². The SMILES string of the molecule is O=C(NC1(c2cc(Cl)cc(-c3ccc(C(F)(F)F)nc3)c2)CC1)C1CCCN1S(=O)(=O)c1cc2ccccc2o1. The minimum absolute atomic E-state index is 0.187. The van der Waals surface area contributed by atoms with Crippen LogP contribution in [0, 0.1) is 0 Å². The van der Waals surface area contributed by atoms with Crippen LogP contribution < -0.4 is 5.32 Å². The molecular formula is C28H23ClF3N3O4S. The predicted octanol–water partition coefficient (Wildman–Crippen LogP) is 6.13. The Bertz CT molecular complexity index is 1680. The van der Waals surface area contributed by atoms with E-state index in [1.54, 1.807) is 42.5 Å². The van der Waals surface area contributed by atoms with Crippen molar-refractivity contribution in [3.8, 4) is 11.1 Å². The first-order valence-electron chi connectivity index (χ1n) is 12.6. The molecule has 1 saturated heterocycles. The van der Waals surface area contributed by atoms with E-state index in [4.69, 9.17) is 16.0 Å². The molecule has 2 fully saturated rings. The molecule has 208 valence electrons. The number of hydrogen-bond donors (Lipinski definition) is 1. The molecular weight excluding hydrogens is 567 g/mol. The molecule has 1 atom stereocenters. The van der Waals surface area contributed by atoms with E-state index in [0.29, 0.717) is 58.4 Å². The number of hydrogen-bond acceptors (Lipinski definition) is 5. The highest BCUT2D eigenvalue weighted by molar-refractivity contribution is 7.89. The van der Waals surface area contributed by atoms with Gasteiger partial charge in [-0.3, -0.25) is 9.78 Å². The molecule has 1 unspecified atom stereocenters. The molecule has 2 aromatic carbocycles. The van der Waals surface area contributed by atoms with Gasteiger partial charge in [0.25, 0.3) is 10.0 Å². The number of nitrogens with one attached hydrogen (secondary N) is 1. The van der Waals surface area contributed by atoms with E-state index in [1.807, 2.05) is 0 Å². The van der Waals surface area contributed by atoms with Crippen LogP contribution in [0.2, 0.25) is 5.02 Å². The van der Waals surface area contributed by atoms with Crippen molar-refractivity contribution in [2.45, 2.75) is 48.5 Å². The third-order valence-corrected chi connectivity index (χ3v) is 9.40. The van der Waals surface area contributed by atoms with Crippen molar-refractivity contribution < 1.29 is 30.8 Å². The van der Waals surface area contributed by atoms with Crippen LogP contribution >= 0.6 is 11.6 Å². The zero-order chi connectivity index (χ0) is 28.3. The molecule has 2 aromatic heterocycles. The second kappa shape index (κ2) is 9.60. The summed E-state index contributed by atoms with van der Waals surface area (Å²) in [5.74, 6) is -0.424. The maximum atomic E-state index is 13.5. The van der Waals surface area contributed by atoms with E-state index < -0.39 is 39.4 Å². The maximum Gasteiger partial charge on any atom is 0.433 e. The van der Waals surface area contributed by atoms with Crippen molar-refractivity contribution in [2.24, 2.45) is 0 Å². The van der Waals surface area contributed by atoms with Crippen LogP contribution in [-0.4, -0.2) is 36.2 Å². The van der Waals surface area contributed by atoms with Crippen molar-refractivity contribution in [3.63, 3.8) is 0 Å². The summed E-state index contributed by atoms with van der Waals surface area (Å²) in [5, 5.41) is 3.83. The predicted molar refractivity (Wildman–Crippen MR) is 142 cm³/mol. The van der Waals surface area contributed by atoms with Gasteiger partial charge in [0.2, 0.25) is 11.0 Å². The molecule has 1 amide bonds. The van der Waals surface area contributed by atoms with Crippen LogP contribution in [0.4, 0.5) is 13.2 Å². The average molecular weight is 590 g/mol. The lowest BCUT2D eigenvalue weighted by molar-refractivity contribution is -0.141. The number of benzene rings is 2. The van der Waals surface area contributed by atoms with Crippen molar-refractivity contribution in [3.05, 3.63) is 83.1 Å². The number of furan rings is 1. The second-order valence-electron chi connectivity index (χ2n) is 10.1. The molecule has 0 spiro atoms. The summed E-state index contributed by atoms with van der Waals surface area (Å²) < 4.78 is 72.5. The third kappa shape index (κ3) is 4.86. The third-order valence-electron chi connectivity index (χ3n) is 7.42. The Morgan fingerprint density at radius 3 is 2.52 bits per heavy atom. The maximum absolute atomic E-state index is 13.5. The topological polar surface area (TPSA) is 92.5 Å². The Balaban J connectivity index is 1.24. The Labute approximate surface area is 233 Å². The molecule has 2 aliphatic rings. The van der Waals surface area contributed by atoms with Gasteiger partial charge in [-0.05, 0) is 67.1 Å². The zero-order valence-electron chi connectivity index (χ0n) is 20.9. The van der Waals surface area contributed by atoms with E-state index in [9.17, 15) is 26.4 Å². The number of sulfonamides is 1. The highest BCUT2D eigenvalue weighted by atomic mass is 35.5. The van der Waals surface area contributed by atoms with E-state index in [-0.39, 0.29) is 11.6 Å². The highest BCUT2D eigenvalue weighted by Crippen LogP contribution is 2.47. The quantitative estimate of drug-likeness (QED) is 0.292. The minimum atomic E-state index is -4.55. The molecule has 12 heteroatoms. The van der Waals surface area contributed by atoms with E-state index in [1.165, 1.54) is 16.4 Å². The smallest absolute Gasteiger partial charge is 0.433 e. The van der Waals surface area contributed by atoms with Gasteiger partial charge in [0.15, 0.2) is 0 Å². The van der Waals surface area contributed by atoms with Crippen LogP contribution in [0.15, 0.2) is 76.4 Å². The highest BCUT2D eigenvalue weighted by Gasteiger charge is 2.49. The molecule has 1 aliphatic carbocycles. The van der Waals surface area contributed by atoms with E-state index in [2.05, 4.69) is 10.3 Å². The van der Waals surface area contributed by atoms with Crippen LogP contribution in [0.1, 0.15) is 36.9 Å². The van der Waals surface area contributed by atoms with Gasteiger partial charge in [-0.25, -0.2) is 8.42 Å². The number of rotatable bonds is 6. The summed E-state index contributed by atoms with van der Waals surface area (Å²) >= 11 is 6.37. The molecule has 1 saturated carbocycles. The standard InChI is InChI=1S/C28H23ClF3N3O4S/c29-21-13-19(18-7-8-24(33-16-18)28(30,31)32)12-20(15-21)27(9-10-27)34-26(36)22-5-3-11-35(22)40(37,38)25-14-17-4-1-2-6-23(17)39-25/h1-2,4,6-8,12-16,22H,3,5,9-11H2,(H,34,36). The van der Waals surface area contributed by atoms with Gasteiger partial charge in [-0.1, -0.05) is 35.9 Å². The molecule has 1 N–H and O–H groups in total. The molecule has 0 bridgehead atoms. The Hall–Kier alpha value is -3.41. The molecule has 4 aromatic rings. The number of carbonyl (C=O) groups excluding carboxylic acids is 1. The number of alkyl halides is 3. The first-order valence-corrected chi connectivity index (χ1v) is 14.5. The van der Waals surface area contributed by atoms with Gasteiger partial charge in [0, 0.05) is 34.8 Å². The summed E-state index contributed by atoms with van der Waals surface area (Å²) in [6.07, 6.45) is -1.33. The van der Waals surface area contributed by atoms with Gasteiger partial charge in [-0.15, -0.1) is 0 Å². The Morgan fingerprint density at radius 1 is 1.07 bits per heavy atom. The van der Waals surface area contributed by atoms with Crippen LogP contribution in [0.3, 0.4) is 0 Å². The lowest BCUT2D eigenvalue weighted by Gasteiger charge is -2.26. The number of halogens is 4.